The first-order valence-corrected chi connectivity index (χ1v) is 8.82. The number of amides is 2. The van der Waals surface area contributed by atoms with Crippen LogP contribution in [-0.2, 0) is 16.0 Å². The van der Waals surface area contributed by atoms with Gasteiger partial charge in [-0.15, -0.1) is 0 Å². The number of ether oxygens (including phenoxy) is 1. The predicted octanol–water partition coefficient (Wildman–Crippen LogP) is 2.54. The van der Waals surface area contributed by atoms with Crippen molar-refractivity contribution >= 4 is 23.4 Å². The van der Waals surface area contributed by atoms with Crippen LogP contribution in [0.15, 0.2) is 18.2 Å². The number of likely N-dealkylation sites (tertiary alicyclic amines) is 1. The molecule has 2 aliphatic rings. The van der Waals surface area contributed by atoms with Crippen LogP contribution in [0.3, 0.4) is 0 Å². The third-order valence-electron chi connectivity index (χ3n) is 5.31. The maximum absolute atomic E-state index is 12.9. The van der Waals surface area contributed by atoms with Crippen LogP contribution < -0.4 is 10.5 Å². The molecule has 2 N–H and O–H groups in total. The summed E-state index contributed by atoms with van der Waals surface area (Å²) < 4.78 is 5.13. The molecule has 1 aromatic rings. The molecular weight excluding hydrogens is 328 g/mol. The highest BCUT2D eigenvalue weighted by molar-refractivity contribution is 6.31. The molecule has 1 saturated heterocycles. The molecule has 6 heteroatoms. The number of benzene rings is 1. The molecule has 0 spiro atoms. The number of halogens is 1. The Balaban J connectivity index is 1.80. The van der Waals surface area contributed by atoms with Crippen LogP contribution >= 0.6 is 11.6 Å². The molecule has 2 amide bonds. The average molecular weight is 351 g/mol. The van der Waals surface area contributed by atoms with Crippen molar-refractivity contribution in [3.05, 3.63) is 28.8 Å². The minimum atomic E-state index is -0.484. The van der Waals surface area contributed by atoms with Crippen molar-refractivity contribution in [2.75, 3.05) is 7.11 Å². The van der Waals surface area contributed by atoms with Crippen LogP contribution in [0, 0.1) is 5.92 Å². The lowest BCUT2D eigenvalue weighted by atomic mass is 9.84. The van der Waals surface area contributed by atoms with Crippen LogP contribution in [0.1, 0.15) is 37.7 Å². The van der Waals surface area contributed by atoms with Gasteiger partial charge in [0.15, 0.2) is 0 Å². The quantitative estimate of drug-likeness (QED) is 0.906. The maximum Gasteiger partial charge on any atom is 0.240 e. The number of fused-ring (bicyclic) bond motifs is 1. The summed E-state index contributed by atoms with van der Waals surface area (Å²) in [4.78, 5) is 26.5. The lowest BCUT2D eigenvalue weighted by Crippen LogP contribution is -2.48. The topological polar surface area (TPSA) is 72.6 Å². The van der Waals surface area contributed by atoms with Crippen molar-refractivity contribution in [1.82, 2.24) is 4.90 Å². The normalized spacial score (nSPS) is 26.1. The average Bonchev–Trinajstić information content (AvgIpc) is 2.96. The van der Waals surface area contributed by atoms with Gasteiger partial charge in [-0.3, -0.25) is 9.59 Å². The number of nitrogens with two attached hydrogens (primary N) is 1. The fraction of sp³-hybridized carbons (Fsp3) is 0.556. The minimum absolute atomic E-state index is 0.0692. The highest BCUT2D eigenvalue weighted by Crippen LogP contribution is 2.40. The molecule has 1 aliphatic heterocycles. The molecule has 3 atom stereocenters. The number of methoxy groups -OCH3 is 1. The summed E-state index contributed by atoms with van der Waals surface area (Å²) in [6, 6.07) is 4.94. The highest BCUT2D eigenvalue weighted by atomic mass is 35.5. The number of primary amides is 1. The maximum atomic E-state index is 12.9. The molecule has 1 aromatic carbocycles. The molecule has 2 fully saturated rings. The van der Waals surface area contributed by atoms with Crippen molar-refractivity contribution in [2.24, 2.45) is 11.7 Å². The van der Waals surface area contributed by atoms with E-state index in [1.807, 2.05) is 0 Å². The number of rotatable bonds is 4. The third kappa shape index (κ3) is 3.22. The molecule has 5 nitrogen and oxygen atoms in total. The van der Waals surface area contributed by atoms with Gasteiger partial charge in [0.05, 0.1) is 13.5 Å². The molecule has 0 aromatic heterocycles. The summed E-state index contributed by atoms with van der Waals surface area (Å²) >= 11 is 6.25. The number of hydrogen-bond donors (Lipinski definition) is 1. The van der Waals surface area contributed by atoms with Crippen LogP contribution in [0.25, 0.3) is 0 Å². The van der Waals surface area contributed by atoms with E-state index in [4.69, 9.17) is 22.1 Å². The Morgan fingerprint density at radius 1 is 1.33 bits per heavy atom. The summed E-state index contributed by atoms with van der Waals surface area (Å²) in [6.07, 6.45) is 5.16. The van der Waals surface area contributed by atoms with E-state index < -0.39 is 11.9 Å². The van der Waals surface area contributed by atoms with Gasteiger partial charge in [-0.1, -0.05) is 30.5 Å². The molecule has 1 aliphatic carbocycles. The van der Waals surface area contributed by atoms with Gasteiger partial charge in [0.1, 0.15) is 11.8 Å². The summed E-state index contributed by atoms with van der Waals surface area (Å²) in [5.41, 5.74) is 6.31. The molecule has 0 bridgehead atoms. The van der Waals surface area contributed by atoms with Crippen molar-refractivity contribution in [1.29, 1.82) is 0 Å². The number of nitrogens with zero attached hydrogens (tertiary/aromatic N) is 1. The molecule has 1 heterocycles. The summed E-state index contributed by atoms with van der Waals surface area (Å²) in [6.45, 7) is 0. The van der Waals surface area contributed by atoms with E-state index in [0.717, 1.165) is 24.8 Å². The number of carbonyl (C=O) groups is 2. The van der Waals surface area contributed by atoms with Gasteiger partial charge < -0.3 is 15.4 Å². The SMILES string of the molecule is COc1ccc(CC(=O)N2C(C(N)=O)CC3CCCCC32)c(Cl)c1. The van der Waals surface area contributed by atoms with E-state index in [1.165, 1.54) is 6.42 Å². The Hall–Kier alpha value is -1.75. The van der Waals surface area contributed by atoms with Crippen LogP contribution in [-0.4, -0.2) is 35.9 Å². The van der Waals surface area contributed by atoms with E-state index in [-0.39, 0.29) is 18.4 Å². The minimum Gasteiger partial charge on any atom is -0.497 e. The molecule has 3 rings (SSSR count). The van der Waals surface area contributed by atoms with Gasteiger partial charge in [0, 0.05) is 11.1 Å². The van der Waals surface area contributed by atoms with Gasteiger partial charge in [0.25, 0.3) is 0 Å². The van der Waals surface area contributed by atoms with Crippen molar-refractivity contribution in [2.45, 2.75) is 50.6 Å². The monoisotopic (exact) mass is 350 g/mol. The summed E-state index contributed by atoms with van der Waals surface area (Å²) in [5.74, 6) is 0.574. The Labute approximate surface area is 147 Å². The van der Waals surface area contributed by atoms with E-state index in [0.29, 0.717) is 23.1 Å². The van der Waals surface area contributed by atoms with Gasteiger partial charge in [-0.05, 0) is 42.9 Å². The Kier molecular flexibility index (Phi) is 4.99. The fourth-order valence-electron chi connectivity index (χ4n) is 4.13. The first kappa shape index (κ1) is 17.1. The largest absolute Gasteiger partial charge is 0.497 e. The van der Waals surface area contributed by atoms with Crippen molar-refractivity contribution in [3.63, 3.8) is 0 Å². The standard InChI is InChI=1S/C18H23ClN2O3/c1-24-13-7-6-11(14(19)10-13)9-17(22)21-15-5-3-2-4-12(15)8-16(21)18(20)23/h6-7,10,12,15-16H,2-5,8-9H2,1H3,(H2,20,23). The van der Waals surface area contributed by atoms with Gasteiger partial charge in [-0.25, -0.2) is 0 Å². The second-order valence-corrected chi connectivity index (χ2v) is 7.11. The Morgan fingerprint density at radius 2 is 2.08 bits per heavy atom. The smallest absolute Gasteiger partial charge is 0.240 e. The summed E-state index contributed by atoms with van der Waals surface area (Å²) in [5, 5.41) is 0.498. The highest BCUT2D eigenvalue weighted by Gasteiger charge is 2.46. The first-order chi connectivity index (χ1) is 11.5. The predicted molar refractivity (Wildman–Crippen MR) is 91.9 cm³/mol. The molecule has 130 valence electrons. The molecular formula is C18H23ClN2O3. The lowest BCUT2D eigenvalue weighted by molar-refractivity contribution is -0.139. The Morgan fingerprint density at radius 3 is 2.75 bits per heavy atom. The fourth-order valence-corrected chi connectivity index (χ4v) is 4.36. The molecule has 3 unspecified atom stereocenters. The van der Waals surface area contributed by atoms with E-state index in [9.17, 15) is 9.59 Å². The molecule has 24 heavy (non-hydrogen) atoms. The lowest BCUT2D eigenvalue weighted by Gasteiger charge is -2.33. The third-order valence-corrected chi connectivity index (χ3v) is 5.66. The zero-order valence-electron chi connectivity index (χ0n) is 13.8. The second kappa shape index (κ2) is 7.01. The van der Waals surface area contributed by atoms with Gasteiger partial charge in [-0.2, -0.15) is 0 Å². The van der Waals surface area contributed by atoms with E-state index in [2.05, 4.69) is 0 Å². The van der Waals surface area contributed by atoms with E-state index >= 15 is 0 Å². The van der Waals surface area contributed by atoms with E-state index in [1.54, 1.807) is 30.2 Å². The van der Waals surface area contributed by atoms with Crippen molar-refractivity contribution < 1.29 is 14.3 Å². The second-order valence-electron chi connectivity index (χ2n) is 6.70. The Bertz CT molecular complexity index is 649. The van der Waals surface area contributed by atoms with Crippen molar-refractivity contribution in [3.8, 4) is 5.75 Å². The van der Waals surface area contributed by atoms with Crippen LogP contribution in [0.2, 0.25) is 5.02 Å². The first-order valence-electron chi connectivity index (χ1n) is 8.44. The van der Waals surface area contributed by atoms with Gasteiger partial charge >= 0.3 is 0 Å². The van der Waals surface area contributed by atoms with Gasteiger partial charge in [0.2, 0.25) is 11.8 Å². The molecule has 1 saturated carbocycles. The number of hydrogen-bond acceptors (Lipinski definition) is 3. The van der Waals surface area contributed by atoms with Crippen LogP contribution in [0.5, 0.6) is 5.75 Å². The number of carbonyl (C=O) groups excluding carboxylic acids is 2. The van der Waals surface area contributed by atoms with Crippen LogP contribution in [0.4, 0.5) is 0 Å². The molecule has 0 radical (unpaired) electrons. The zero-order chi connectivity index (χ0) is 17.3. The zero-order valence-corrected chi connectivity index (χ0v) is 14.6. The summed E-state index contributed by atoms with van der Waals surface area (Å²) in [7, 11) is 1.57.